The molecule has 8 heteroatoms. The quantitative estimate of drug-likeness (QED) is 0.500. The SMILES string of the molecule is O=c1[nH]c(CN2CCC(c3nnc4ccccn34)CC2)nc2c1oc1ccccc12. The van der Waals surface area contributed by atoms with Crippen LogP contribution in [-0.2, 0) is 6.54 Å². The number of rotatable bonds is 3. The van der Waals surface area contributed by atoms with Gasteiger partial charge in [0, 0.05) is 17.5 Å². The smallest absolute Gasteiger partial charge is 0.294 e. The molecule has 0 unspecified atom stereocenters. The van der Waals surface area contributed by atoms with Crippen LogP contribution in [0, 0.1) is 0 Å². The molecule has 1 fully saturated rings. The molecule has 1 N–H and O–H groups in total. The van der Waals surface area contributed by atoms with E-state index in [0.29, 0.717) is 29.4 Å². The second-order valence-corrected chi connectivity index (χ2v) is 7.83. The molecule has 4 aromatic heterocycles. The third-order valence-electron chi connectivity index (χ3n) is 5.95. The van der Waals surface area contributed by atoms with Crippen molar-refractivity contribution in [3.8, 4) is 0 Å². The maximum atomic E-state index is 12.5. The number of fused-ring (bicyclic) bond motifs is 4. The van der Waals surface area contributed by atoms with Gasteiger partial charge in [-0.05, 0) is 50.2 Å². The van der Waals surface area contributed by atoms with Crippen LogP contribution in [-0.4, -0.2) is 42.6 Å². The van der Waals surface area contributed by atoms with Crippen molar-refractivity contribution >= 4 is 27.7 Å². The average Bonchev–Trinajstić information content (AvgIpc) is 3.37. The molecule has 0 bridgehead atoms. The maximum absolute atomic E-state index is 12.5. The molecule has 0 radical (unpaired) electrons. The molecule has 5 aromatic rings. The zero-order valence-electron chi connectivity index (χ0n) is 16.3. The van der Waals surface area contributed by atoms with Crippen LogP contribution in [0.1, 0.15) is 30.4 Å². The van der Waals surface area contributed by atoms with Gasteiger partial charge in [0.25, 0.3) is 5.56 Å². The normalized spacial score (nSPS) is 16.1. The number of piperidine rings is 1. The minimum absolute atomic E-state index is 0.226. The van der Waals surface area contributed by atoms with Gasteiger partial charge in [0.1, 0.15) is 22.7 Å². The molecule has 0 atom stereocenters. The van der Waals surface area contributed by atoms with Crippen LogP contribution in [0.2, 0.25) is 0 Å². The van der Waals surface area contributed by atoms with E-state index in [1.54, 1.807) is 0 Å². The third kappa shape index (κ3) is 2.80. The van der Waals surface area contributed by atoms with Gasteiger partial charge in [-0.25, -0.2) is 4.98 Å². The second kappa shape index (κ2) is 6.77. The molecule has 0 aliphatic carbocycles. The fourth-order valence-corrected chi connectivity index (χ4v) is 4.42. The van der Waals surface area contributed by atoms with Crippen LogP contribution >= 0.6 is 0 Å². The van der Waals surface area contributed by atoms with Gasteiger partial charge in [-0.1, -0.05) is 18.2 Å². The first-order valence-corrected chi connectivity index (χ1v) is 10.2. The van der Waals surface area contributed by atoms with Crippen molar-refractivity contribution < 1.29 is 4.42 Å². The lowest BCUT2D eigenvalue weighted by Gasteiger charge is -2.30. The Balaban J connectivity index is 1.22. The van der Waals surface area contributed by atoms with Crippen molar-refractivity contribution in [3.05, 3.63) is 70.7 Å². The van der Waals surface area contributed by atoms with Crippen LogP contribution < -0.4 is 5.56 Å². The number of nitrogens with one attached hydrogen (secondary N) is 1. The molecule has 1 aliphatic rings. The fraction of sp³-hybridized carbons (Fsp3) is 0.273. The van der Waals surface area contributed by atoms with Gasteiger partial charge in [-0.2, -0.15) is 0 Å². The highest BCUT2D eigenvalue weighted by Crippen LogP contribution is 2.28. The minimum atomic E-state index is -0.226. The summed E-state index contributed by atoms with van der Waals surface area (Å²) in [5.41, 5.74) is 2.27. The molecule has 1 aromatic carbocycles. The molecular formula is C22H20N6O2. The number of aromatic nitrogens is 5. The molecule has 150 valence electrons. The first kappa shape index (κ1) is 17.3. The Bertz CT molecular complexity index is 1420. The lowest BCUT2D eigenvalue weighted by atomic mass is 9.96. The molecule has 5 heterocycles. The number of hydrogen-bond donors (Lipinski definition) is 1. The molecule has 1 aliphatic heterocycles. The Morgan fingerprint density at radius 3 is 2.80 bits per heavy atom. The van der Waals surface area contributed by atoms with E-state index in [-0.39, 0.29) is 11.1 Å². The molecular weight excluding hydrogens is 380 g/mol. The molecule has 8 nitrogen and oxygen atoms in total. The van der Waals surface area contributed by atoms with E-state index >= 15 is 0 Å². The summed E-state index contributed by atoms with van der Waals surface area (Å²) in [6.45, 7) is 2.44. The van der Waals surface area contributed by atoms with Gasteiger partial charge in [0.2, 0.25) is 5.58 Å². The van der Waals surface area contributed by atoms with E-state index in [1.807, 2.05) is 48.7 Å². The maximum Gasteiger partial charge on any atom is 0.294 e. The van der Waals surface area contributed by atoms with Crippen molar-refractivity contribution in [3.63, 3.8) is 0 Å². The summed E-state index contributed by atoms with van der Waals surface area (Å²) in [6, 6.07) is 13.6. The number of furan rings is 1. The number of para-hydroxylation sites is 1. The summed E-state index contributed by atoms with van der Waals surface area (Å²) in [4.78, 5) is 22.4. The fourth-order valence-electron chi connectivity index (χ4n) is 4.42. The number of nitrogens with zero attached hydrogens (tertiary/aromatic N) is 5. The summed E-state index contributed by atoms with van der Waals surface area (Å²) in [6.07, 6.45) is 4.02. The summed E-state index contributed by atoms with van der Waals surface area (Å²) in [7, 11) is 0. The van der Waals surface area contributed by atoms with Crippen molar-refractivity contribution in [2.24, 2.45) is 0 Å². The van der Waals surface area contributed by atoms with Crippen LogP contribution in [0.5, 0.6) is 0 Å². The first-order chi connectivity index (χ1) is 14.8. The molecule has 0 spiro atoms. The van der Waals surface area contributed by atoms with E-state index in [0.717, 1.165) is 42.8 Å². The standard InChI is InChI=1S/C22H20N6O2/c29-22-20-19(15-5-1-2-6-16(15)30-20)23-17(24-22)13-27-11-8-14(9-12-27)21-26-25-18-7-3-4-10-28(18)21/h1-7,10,14H,8-9,11-13H2,(H,23,24,29). The van der Waals surface area contributed by atoms with E-state index in [2.05, 4.69) is 24.5 Å². The third-order valence-corrected chi connectivity index (χ3v) is 5.95. The molecule has 30 heavy (non-hydrogen) atoms. The van der Waals surface area contributed by atoms with E-state index in [4.69, 9.17) is 9.40 Å². The summed E-state index contributed by atoms with van der Waals surface area (Å²) in [5.74, 6) is 2.08. The highest BCUT2D eigenvalue weighted by molar-refractivity contribution is 6.01. The minimum Gasteiger partial charge on any atom is -0.449 e. The number of likely N-dealkylation sites (tertiary alicyclic amines) is 1. The Hall–Kier alpha value is -3.52. The van der Waals surface area contributed by atoms with Gasteiger partial charge >= 0.3 is 0 Å². The van der Waals surface area contributed by atoms with Gasteiger partial charge in [-0.15, -0.1) is 10.2 Å². The summed E-state index contributed by atoms with van der Waals surface area (Å²) < 4.78 is 7.76. The topological polar surface area (TPSA) is 92.3 Å². The summed E-state index contributed by atoms with van der Waals surface area (Å²) >= 11 is 0. The Morgan fingerprint density at radius 1 is 1.07 bits per heavy atom. The number of hydrogen-bond acceptors (Lipinski definition) is 6. The average molecular weight is 400 g/mol. The van der Waals surface area contributed by atoms with Gasteiger partial charge < -0.3 is 9.40 Å². The lowest BCUT2D eigenvalue weighted by Crippen LogP contribution is -2.34. The van der Waals surface area contributed by atoms with Crippen LogP contribution in [0.3, 0.4) is 0 Å². The predicted octanol–water partition coefficient (Wildman–Crippen LogP) is 3.09. The lowest BCUT2D eigenvalue weighted by molar-refractivity contribution is 0.197. The molecule has 0 saturated carbocycles. The van der Waals surface area contributed by atoms with Crippen LogP contribution in [0.25, 0.3) is 27.7 Å². The monoisotopic (exact) mass is 400 g/mol. The van der Waals surface area contributed by atoms with Crippen LogP contribution in [0.15, 0.2) is 57.9 Å². The molecule has 6 rings (SSSR count). The number of H-pyrrole nitrogens is 1. The van der Waals surface area contributed by atoms with E-state index < -0.39 is 0 Å². The van der Waals surface area contributed by atoms with Gasteiger partial charge in [0.05, 0.1) is 6.54 Å². The molecule has 1 saturated heterocycles. The van der Waals surface area contributed by atoms with Crippen LogP contribution in [0.4, 0.5) is 0 Å². The number of benzene rings is 1. The predicted molar refractivity (Wildman–Crippen MR) is 112 cm³/mol. The molecule has 0 amide bonds. The van der Waals surface area contributed by atoms with Crippen molar-refractivity contribution in [2.45, 2.75) is 25.3 Å². The highest BCUT2D eigenvalue weighted by Gasteiger charge is 2.25. The van der Waals surface area contributed by atoms with E-state index in [9.17, 15) is 4.79 Å². The van der Waals surface area contributed by atoms with E-state index in [1.165, 1.54) is 0 Å². The Labute approximate surface area is 171 Å². The number of pyridine rings is 1. The van der Waals surface area contributed by atoms with Gasteiger partial charge in [-0.3, -0.25) is 14.1 Å². The van der Waals surface area contributed by atoms with Crippen molar-refractivity contribution in [1.82, 2.24) is 29.5 Å². The second-order valence-electron chi connectivity index (χ2n) is 7.83. The largest absolute Gasteiger partial charge is 0.449 e. The number of aromatic amines is 1. The van der Waals surface area contributed by atoms with Crippen molar-refractivity contribution in [2.75, 3.05) is 13.1 Å². The zero-order chi connectivity index (χ0) is 20.1. The Kier molecular flexibility index (Phi) is 3.92. The Morgan fingerprint density at radius 2 is 1.90 bits per heavy atom. The zero-order valence-corrected chi connectivity index (χ0v) is 16.3. The van der Waals surface area contributed by atoms with Gasteiger partial charge in [0.15, 0.2) is 5.65 Å². The van der Waals surface area contributed by atoms with Crippen molar-refractivity contribution in [1.29, 1.82) is 0 Å². The first-order valence-electron chi connectivity index (χ1n) is 10.2. The highest BCUT2D eigenvalue weighted by atomic mass is 16.3. The summed E-state index contributed by atoms with van der Waals surface area (Å²) in [5, 5.41) is 9.57.